The van der Waals surface area contributed by atoms with Crippen LogP contribution in [0.1, 0.15) is 19.4 Å². The summed E-state index contributed by atoms with van der Waals surface area (Å²) in [6, 6.07) is 7.06. The van der Waals surface area contributed by atoms with Gasteiger partial charge in [-0.1, -0.05) is 18.2 Å². The highest BCUT2D eigenvalue weighted by Crippen LogP contribution is 2.41. The van der Waals surface area contributed by atoms with Gasteiger partial charge in [0.15, 0.2) is 0 Å². The van der Waals surface area contributed by atoms with Crippen LogP contribution in [0.25, 0.3) is 0 Å². The molecule has 2 rings (SSSR count). The van der Waals surface area contributed by atoms with Crippen LogP contribution in [-0.2, 0) is 15.1 Å². The van der Waals surface area contributed by atoms with Gasteiger partial charge < -0.3 is 14.6 Å². The molecular weight excluding hydrogens is 208 g/mol. The molecule has 0 fully saturated rings. The van der Waals surface area contributed by atoms with E-state index < -0.39 is 17.7 Å². The number of fused-ring (bicyclic) bond motifs is 1. The van der Waals surface area contributed by atoms with Gasteiger partial charge in [-0.05, 0) is 19.9 Å². The summed E-state index contributed by atoms with van der Waals surface area (Å²) in [5.74, 6) is -0.00532. The van der Waals surface area contributed by atoms with Gasteiger partial charge in [0, 0.05) is 5.56 Å². The van der Waals surface area contributed by atoms with Crippen LogP contribution in [-0.4, -0.2) is 23.8 Å². The third-order valence-corrected chi connectivity index (χ3v) is 2.69. The molecule has 0 spiro atoms. The standard InChI is InChI=1S/C12H14O4/c1-3-15-11(13)10-12(2,14)8-6-4-5-7-9(8)16-10/h4-7,10,14H,3H2,1-2H3/t10-,12-/m0/s1. The first-order valence-corrected chi connectivity index (χ1v) is 5.22. The number of aliphatic hydroxyl groups is 1. The van der Waals surface area contributed by atoms with Crippen molar-refractivity contribution in [3.8, 4) is 5.75 Å². The SMILES string of the molecule is CCOC(=O)[C@@H]1Oc2ccccc2[C@]1(C)O. The summed E-state index contributed by atoms with van der Waals surface area (Å²) in [5.41, 5.74) is -0.712. The second-order valence-corrected chi connectivity index (χ2v) is 3.89. The molecule has 1 aromatic carbocycles. The van der Waals surface area contributed by atoms with Gasteiger partial charge in [-0.2, -0.15) is 0 Å². The van der Waals surface area contributed by atoms with Crippen molar-refractivity contribution in [2.24, 2.45) is 0 Å². The maximum atomic E-state index is 11.6. The minimum Gasteiger partial charge on any atom is -0.475 e. The fraction of sp³-hybridized carbons (Fsp3) is 0.417. The second-order valence-electron chi connectivity index (χ2n) is 3.89. The van der Waals surface area contributed by atoms with Gasteiger partial charge >= 0.3 is 5.97 Å². The first-order valence-electron chi connectivity index (χ1n) is 5.22. The molecule has 1 aromatic rings. The highest BCUT2D eigenvalue weighted by Gasteiger charge is 2.48. The fourth-order valence-corrected chi connectivity index (χ4v) is 1.87. The summed E-state index contributed by atoms with van der Waals surface area (Å²) in [6.45, 7) is 3.54. The van der Waals surface area contributed by atoms with Crippen molar-refractivity contribution in [1.29, 1.82) is 0 Å². The van der Waals surface area contributed by atoms with E-state index in [-0.39, 0.29) is 6.61 Å². The van der Waals surface area contributed by atoms with Crippen LogP contribution < -0.4 is 4.74 Å². The van der Waals surface area contributed by atoms with Gasteiger partial charge in [0.1, 0.15) is 11.4 Å². The van der Waals surface area contributed by atoms with Gasteiger partial charge in [0.05, 0.1) is 6.61 Å². The molecule has 0 aromatic heterocycles. The van der Waals surface area contributed by atoms with Crippen molar-refractivity contribution in [2.45, 2.75) is 25.6 Å². The zero-order valence-electron chi connectivity index (χ0n) is 9.27. The number of carbonyl (C=O) groups is 1. The first-order chi connectivity index (χ1) is 7.57. The Balaban J connectivity index is 2.32. The largest absolute Gasteiger partial charge is 0.475 e. The van der Waals surface area contributed by atoms with Crippen molar-refractivity contribution in [3.63, 3.8) is 0 Å². The second kappa shape index (κ2) is 3.79. The Hall–Kier alpha value is -1.55. The number of carbonyl (C=O) groups excluding carboxylic acids is 1. The molecule has 1 N–H and O–H groups in total. The fourth-order valence-electron chi connectivity index (χ4n) is 1.87. The molecule has 86 valence electrons. The summed E-state index contributed by atoms with van der Waals surface area (Å²) < 4.78 is 10.3. The van der Waals surface area contributed by atoms with Crippen molar-refractivity contribution in [1.82, 2.24) is 0 Å². The Morgan fingerprint density at radius 3 is 2.88 bits per heavy atom. The predicted molar refractivity (Wildman–Crippen MR) is 57.1 cm³/mol. The van der Waals surface area contributed by atoms with Gasteiger partial charge in [0.25, 0.3) is 0 Å². The molecule has 4 heteroatoms. The third kappa shape index (κ3) is 1.55. The molecule has 0 amide bonds. The van der Waals surface area contributed by atoms with Crippen LogP contribution >= 0.6 is 0 Å². The van der Waals surface area contributed by atoms with Crippen molar-refractivity contribution >= 4 is 5.97 Å². The van der Waals surface area contributed by atoms with E-state index >= 15 is 0 Å². The number of para-hydroxylation sites is 1. The Labute approximate surface area is 93.8 Å². The molecule has 1 aliphatic heterocycles. The van der Waals surface area contributed by atoms with E-state index in [4.69, 9.17) is 9.47 Å². The topological polar surface area (TPSA) is 55.8 Å². The van der Waals surface area contributed by atoms with Crippen LogP contribution in [0.4, 0.5) is 0 Å². The number of hydrogen-bond donors (Lipinski definition) is 1. The lowest BCUT2D eigenvalue weighted by molar-refractivity contribution is -0.161. The molecule has 0 radical (unpaired) electrons. The molecule has 2 atom stereocenters. The lowest BCUT2D eigenvalue weighted by Crippen LogP contribution is -2.42. The Morgan fingerprint density at radius 1 is 1.56 bits per heavy atom. The highest BCUT2D eigenvalue weighted by molar-refractivity contribution is 5.78. The summed E-state index contributed by atoms with van der Waals surface area (Å²) >= 11 is 0. The molecule has 0 aliphatic carbocycles. The Morgan fingerprint density at radius 2 is 2.25 bits per heavy atom. The third-order valence-electron chi connectivity index (χ3n) is 2.69. The minimum absolute atomic E-state index is 0.269. The molecule has 1 heterocycles. The van der Waals surface area contributed by atoms with Crippen LogP contribution in [0.15, 0.2) is 24.3 Å². The van der Waals surface area contributed by atoms with Gasteiger partial charge in [-0.15, -0.1) is 0 Å². The summed E-state index contributed by atoms with van der Waals surface area (Å²) in [7, 11) is 0. The van der Waals surface area contributed by atoms with E-state index in [0.29, 0.717) is 11.3 Å². The molecule has 4 nitrogen and oxygen atoms in total. The molecule has 1 aliphatic rings. The average molecular weight is 222 g/mol. The lowest BCUT2D eigenvalue weighted by Gasteiger charge is -2.22. The van der Waals surface area contributed by atoms with E-state index in [9.17, 15) is 9.90 Å². The highest BCUT2D eigenvalue weighted by atomic mass is 16.6. The number of hydrogen-bond acceptors (Lipinski definition) is 4. The zero-order chi connectivity index (χ0) is 11.8. The molecule has 0 bridgehead atoms. The number of esters is 1. The molecule has 16 heavy (non-hydrogen) atoms. The van der Waals surface area contributed by atoms with Gasteiger partial charge in [0.2, 0.25) is 6.10 Å². The van der Waals surface area contributed by atoms with E-state index in [0.717, 1.165) is 0 Å². The number of ether oxygens (including phenoxy) is 2. The summed E-state index contributed by atoms with van der Waals surface area (Å²) in [5, 5.41) is 10.3. The number of rotatable bonds is 2. The van der Waals surface area contributed by atoms with Crippen molar-refractivity contribution < 1.29 is 19.4 Å². The summed E-state index contributed by atoms with van der Waals surface area (Å²) in [4.78, 5) is 11.6. The van der Waals surface area contributed by atoms with E-state index in [1.807, 2.05) is 0 Å². The van der Waals surface area contributed by atoms with E-state index in [1.165, 1.54) is 0 Å². The van der Waals surface area contributed by atoms with E-state index in [1.54, 1.807) is 38.1 Å². The number of benzene rings is 1. The van der Waals surface area contributed by atoms with Crippen LogP contribution in [0.2, 0.25) is 0 Å². The first kappa shape index (κ1) is 11.0. The monoisotopic (exact) mass is 222 g/mol. The Bertz CT molecular complexity index is 411. The predicted octanol–water partition coefficient (Wildman–Crippen LogP) is 1.22. The molecule has 0 saturated heterocycles. The molecule has 0 saturated carbocycles. The minimum atomic E-state index is -1.33. The maximum absolute atomic E-state index is 11.6. The van der Waals surface area contributed by atoms with Crippen LogP contribution in [0, 0.1) is 0 Å². The van der Waals surface area contributed by atoms with E-state index in [2.05, 4.69) is 0 Å². The maximum Gasteiger partial charge on any atom is 0.350 e. The van der Waals surface area contributed by atoms with Crippen molar-refractivity contribution in [2.75, 3.05) is 6.61 Å². The van der Waals surface area contributed by atoms with Crippen molar-refractivity contribution in [3.05, 3.63) is 29.8 Å². The van der Waals surface area contributed by atoms with Gasteiger partial charge in [-0.3, -0.25) is 0 Å². The quantitative estimate of drug-likeness (QED) is 0.764. The van der Waals surface area contributed by atoms with Gasteiger partial charge in [-0.25, -0.2) is 4.79 Å². The summed E-state index contributed by atoms with van der Waals surface area (Å²) in [6.07, 6.45) is -0.982. The Kier molecular flexibility index (Phi) is 2.59. The lowest BCUT2D eigenvalue weighted by atomic mass is 9.92. The van der Waals surface area contributed by atoms with Crippen LogP contribution in [0.3, 0.4) is 0 Å². The average Bonchev–Trinajstić information content (AvgIpc) is 2.52. The smallest absolute Gasteiger partial charge is 0.350 e. The van der Waals surface area contributed by atoms with Crippen LogP contribution in [0.5, 0.6) is 5.75 Å². The zero-order valence-corrected chi connectivity index (χ0v) is 9.27. The normalized spacial score (nSPS) is 27.1. The molecular formula is C12H14O4. The molecule has 0 unspecified atom stereocenters.